The van der Waals surface area contributed by atoms with Gasteiger partial charge in [0.2, 0.25) is 0 Å². The molecule has 0 fully saturated rings. The third-order valence-corrected chi connectivity index (χ3v) is 8.17. The molecule has 0 aliphatic carbocycles. The zero-order valence-electron chi connectivity index (χ0n) is 21.1. The standard InChI is InChI=1S/C28H27BrN4O4S/c1-20-16-22(21(2)33(20)24-11-9-10-23(29)17-24)18-30-31-28(34)19-32(26-14-7-8-15-27(26)37-3)38(35,36)25-12-5-4-6-13-25/h4-18H,19H2,1-3H3,(H,31,34)/b30-18-. The highest BCUT2D eigenvalue weighted by Crippen LogP contribution is 2.32. The highest BCUT2D eigenvalue weighted by molar-refractivity contribution is 9.10. The summed E-state index contributed by atoms with van der Waals surface area (Å²) in [5, 5.41) is 4.11. The summed E-state index contributed by atoms with van der Waals surface area (Å²) in [7, 11) is -2.62. The molecule has 0 saturated heterocycles. The van der Waals surface area contributed by atoms with Crippen LogP contribution in [0, 0.1) is 13.8 Å². The fourth-order valence-corrected chi connectivity index (χ4v) is 5.97. The number of para-hydroxylation sites is 2. The van der Waals surface area contributed by atoms with Gasteiger partial charge in [0, 0.05) is 27.1 Å². The van der Waals surface area contributed by atoms with Crippen LogP contribution < -0.4 is 14.5 Å². The van der Waals surface area contributed by atoms with Crippen molar-refractivity contribution in [1.82, 2.24) is 9.99 Å². The van der Waals surface area contributed by atoms with Crippen LogP contribution in [0.1, 0.15) is 17.0 Å². The van der Waals surface area contributed by atoms with Gasteiger partial charge in [-0.3, -0.25) is 9.10 Å². The van der Waals surface area contributed by atoms with Crippen LogP contribution in [-0.2, 0) is 14.8 Å². The molecule has 4 rings (SSSR count). The number of aryl methyl sites for hydroxylation is 1. The molecular weight excluding hydrogens is 568 g/mol. The Labute approximate surface area is 230 Å². The summed E-state index contributed by atoms with van der Waals surface area (Å²) in [4.78, 5) is 13.0. The van der Waals surface area contributed by atoms with Crippen molar-refractivity contribution < 1.29 is 17.9 Å². The number of anilines is 1. The van der Waals surface area contributed by atoms with Crippen LogP contribution in [0.15, 0.2) is 99.4 Å². The lowest BCUT2D eigenvalue weighted by molar-refractivity contribution is -0.119. The third-order valence-electron chi connectivity index (χ3n) is 5.90. The molecule has 3 aromatic carbocycles. The number of amides is 1. The molecular formula is C28H27BrN4O4S. The first-order chi connectivity index (χ1) is 18.2. The summed E-state index contributed by atoms with van der Waals surface area (Å²) in [6.45, 7) is 3.46. The highest BCUT2D eigenvalue weighted by Gasteiger charge is 2.29. The molecule has 1 amide bonds. The summed E-state index contributed by atoms with van der Waals surface area (Å²) in [5.74, 6) is -0.282. The molecule has 10 heteroatoms. The summed E-state index contributed by atoms with van der Waals surface area (Å²) >= 11 is 3.51. The number of hydrogen-bond donors (Lipinski definition) is 1. The maximum absolute atomic E-state index is 13.5. The van der Waals surface area contributed by atoms with E-state index >= 15 is 0 Å². The molecule has 0 spiro atoms. The monoisotopic (exact) mass is 594 g/mol. The lowest BCUT2D eigenvalue weighted by Crippen LogP contribution is -2.39. The molecule has 0 atom stereocenters. The quantitative estimate of drug-likeness (QED) is 0.213. The minimum atomic E-state index is -4.07. The normalized spacial score (nSPS) is 11.5. The van der Waals surface area contributed by atoms with Crippen LogP contribution in [0.5, 0.6) is 5.75 Å². The van der Waals surface area contributed by atoms with Crippen molar-refractivity contribution in [3.05, 3.63) is 106 Å². The number of benzene rings is 3. The minimum Gasteiger partial charge on any atom is -0.495 e. The molecule has 0 unspecified atom stereocenters. The van der Waals surface area contributed by atoms with Gasteiger partial charge >= 0.3 is 0 Å². The fourth-order valence-electron chi connectivity index (χ4n) is 4.13. The molecule has 0 bridgehead atoms. The van der Waals surface area contributed by atoms with Crippen molar-refractivity contribution in [1.29, 1.82) is 0 Å². The molecule has 0 aliphatic heterocycles. The van der Waals surface area contributed by atoms with Gasteiger partial charge in [-0.1, -0.05) is 52.3 Å². The van der Waals surface area contributed by atoms with Gasteiger partial charge in [0.25, 0.3) is 15.9 Å². The van der Waals surface area contributed by atoms with Gasteiger partial charge in [0.1, 0.15) is 12.3 Å². The zero-order chi connectivity index (χ0) is 27.3. The Morgan fingerprint density at radius 3 is 2.45 bits per heavy atom. The number of nitrogens with one attached hydrogen (secondary N) is 1. The second-order valence-corrected chi connectivity index (χ2v) is 11.2. The van der Waals surface area contributed by atoms with E-state index < -0.39 is 22.5 Å². The third kappa shape index (κ3) is 5.81. The number of methoxy groups -OCH3 is 1. The van der Waals surface area contributed by atoms with E-state index in [0.717, 1.165) is 31.4 Å². The largest absolute Gasteiger partial charge is 0.495 e. The average molecular weight is 596 g/mol. The molecule has 1 aromatic heterocycles. The van der Waals surface area contributed by atoms with Crippen LogP contribution in [0.4, 0.5) is 5.69 Å². The Balaban J connectivity index is 1.57. The summed E-state index contributed by atoms with van der Waals surface area (Å²) in [6, 6.07) is 24.5. The second kappa shape index (κ2) is 11.7. The van der Waals surface area contributed by atoms with Crippen molar-refractivity contribution in [2.75, 3.05) is 18.0 Å². The number of hydrogen-bond acceptors (Lipinski definition) is 5. The molecule has 0 radical (unpaired) electrons. The summed E-state index contributed by atoms with van der Waals surface area (Å²) in [6.07, 6.45) is 1.55. The number of hydrazone groups is 1. The van der Waals surface area contributed by atoms with Crippen molar-refractivity contribution in [2.24, 2.45) is 5.10 Å². The van der Waals surface area contributed by atoms with Gasteiger partial charge in [-0.05, 0) is 62.4 Å². The Hall–Kier alpha value is -3.89. The topological polar surface area (TPSA) is 93.0 Å². The average Bonchev–Trinajstić information content (AvgIpc) is 3.20. The number of carbonyl (C=O) groups excluding carboxylic acids is 1. The Morgan fingerprint density at radius 2 is 1.74 bits per heavy atom. The maximum Gasteiger partial charge on any atom is 0.264 e. The van der Waals surface area contributed by atoms with Crippen LogP contribution in [0.3, 0.4) is 0 Å². The van der Waals surface area contributed by atoms with Crippen molar-refractivity contribution in [3.63, 3.8) is 0 Å². The number of nitrogens with zero attached hydrogens (tertiary/aromatic N) is 3. The first-order valence-corrected chi connectivity index (χ1v) is 13.9. The van der Waals surface area contributed by atoms with Gasteiger partial charge in [0.15, 0.2) is 0 Å². The van der Waals surface area contributed by atoms with E-state index in [-0.39, 0.29) is 10.6 Å². The van der Waals surface area contributed by atoms with E-state index in [1.807, 2.05) is 44.2 Å². The number of rotatable bonds is 9. The Morgan fingerprint density at radius 1 is 1.03 bits per heavy atom. The van der Waals surface area contributed by atoms with Gasteiger partial charge in [-0.2, -0.15) is 5.10 Å². The molecule has 8 nitrogen and oxygen atoms in total. The van der Waals surface area contributed by atoms with Crippen LogP contribution in [0.2, 0.25) is 0 Å². The second-order valence-electron chi connectivity index (χ2n) is 8.43. The SMILES string of the molecule is COc1ccccc1N(CC(=O)N/N=C\c1cc(C)n(-c2cccc(Br)c2)c1C)S(=O)(=O)c1ccccc1. The Bertz CT molecular complexity index is 1580. The smallest absolute Gasteiger partial charge is 0.264 e. The van der Waals surface area contributed by atoms with Crippen molar-refractivity contribution in [3.8, 4) is 11.4 Å². The van der Waals surface area contributed by atoms with Gasteiger partial charge in [0.05, 0.1) is 23.9 Å². The van der Waals surface area contributed by atoms with E-state index in [1.54, 1.807) is 48.7 Å². The van der Waals surface area contributed by atoms with E-state index in [4.69, 9.17) is 4.74 Å². The minimum absolute atomic E-state index is 0.0576. The predicted octanol–water partition coefficient (Wildman–Crippen LogP) is 5.21. The lowest BCUT2D eigenvalue weighted by atomic mass is 10.2. The molecule has 38 heavy (non-hydrogen) atoms. The highest BCUT2D eigenvalue weighted by atomic mass is 79.9. The predicted molar refractivity (Wildman–Crippen MR) is 153 cm³/mol. The number of halogens is 1. The van der Waals surface area contributed by atoms with Crippen LogP contribution in [-0.4, -0.2) is 38.8 Å². The molecule has 196 valence electrons. The lowest BCUT2D eigenvalue weighted by Gasteiger charge is -2.25. The molecule has 1 N–H and O–H groups in total. The number of ether oxygens (including phenoxy) is 1. The van der Waals surface area contributed by atoms with Gasteiger partial charge < -0.3 is 9.30 Å². The van der Waals surface area contributed by atoms with E-state index in [9.17, 15) is 13.2 Å². The summed E-state index contributed by atoms with van der Waals surface area (Å²) in [5.41, 5.74) is 6.48. The van der Waals surface area contributed by atoms with E-state index in [1.165, 1.54) is 19.2 Å². The molecule has 4 aromatic rings. The molecule has 0 saturated carbocycles. The van der Waals surface area contributed by atoms with Crippen molar-refractivity contribution >= 4 is 43.8 Å². The zero-order valence-corrected chi connectivity index (χ0v) is 23.5. The van der Waals surface area contributed by atoms with Crippen molar-refractivity contribution in [2.45, 2.75) is 18.7 Å². The van der Waals surface area contributed by atoms with Crippen LogP contribution in [0.25, 0.3) is 5.69 Å². The number of sulfonamides is 1. The van der Waals surface area contributed by atoms with Crippen LogP contribution >= 0.6 is 15.9 Å². The van der Waals surface area contributed by atoms with E-state index in [2.05, 4.69) is 31.0 Å². The first kappa shape index (κ1) is 27.2. The number of aromatic nitrogens is 1. The summed E-state index contributed by atoms with van der Waals surface area (Å²) < 4.78 is 36.5. The van der Waals surface area contributed by atoms with Gasteiger partial charge in [-0.25, -0.2) is 13.8 Å². The van der Waals surface area contributed by atoms with E-state index in [0.29, 0.717) is 5.75 Å². The Kier molecular flexibility index (Phi) is 8.33. The first-order valence-electron chi connectivity index (χ1n) is 11.7. The van der Waals surface area contributed by atoms with Gasteiger partial charge in [-0.15, -0.1) is 0 Å². The number of carbonyl (C=O) groups is 1. The molecule has 1 heterocycles. The maximum atomic E-state index is 13.5. The fraction of sp³-hybridized carbons (Fsp3) is 0.143. The molecule has 0 aliphatic rings.